The van der Waals surface area contributed by atoms with Crippen molar-refractivity contribution in [3.8, 4) is 0 Å². The van der Waals surface area contributed by atoms with Gasteiger partial charge in [-0.15, -0.1) is 0 Å². The van der Waals surface area contributed by atoms with E-state index in [1.54, 1.807) is 24.3 Å². The van der Waals surface area contributed by atoms with E-state index in [1.165, 1.54) is 11.0 Å². The number of hydrogen-bond donors (Lipinski definition) is 4. The number of nitrogens with zero attached hydrogens (tertiary/aromatic N) is 2. The minimum atomic E-state index is -2.50. The van der Waals surface area contributed by atoms with Crippen molar-refractivity contribution < 1.29 is 24.5 Å². The van der Waals surface area contributed by atoms with Gasteiger partial charge in [-0.1, -0.05) is 63.4 Å². The number of allylic oxidation sites excluding steroid dienone is 1. The summed E-state index contributed by atoms with van der Waals surface area (Å²) >= 11 is 0. The molecule has 1 amide bonds. The lowest BCUT2D eigenvalue weighted by Gasteiger charge is -2.43. The van der Waals surface area contributed by atoms with Crippen molar-refractivity contribution in [1.82, 2.24) is 15.1 Å². The number of carbonyl (C=O) groups excluding carboxylic acids is 1. The maximum Gasteiger partial charge on any atom is 0.212 e. The molecule has 0 radical (unpaired) electrons. The predicted molar refractivity (Wildman–Crippen MR) is 153 cm³/mol. The van der Waals surface area contributed by atoms with E-state index in [0.717, 1.165) is 25.1 Å². The van der Waals surface area contributed by atoms with Gasteiger partial charge < -0.3 is 25.5 Å². The average molecular weight is 552 g/mol. The van der Waals surface area contributed by atoms with Gasteiger partial charge >= 0.3 is 0 Å². The molecule has 7 nitrogen and oxygen atoms in total. The highest BCUT2D eigenvalue weighted by Crippen LogP contribution is 2.34. The molecule has 2 saturated heterocycles. The molecule has 0 spiro atoms. The summed E-state index contributed by atoms with van der Waals surface area (Å²) in [7, 11) is 0. The highest BCUT2D eigenvalue weighted by atomic mass is 19.1. The van der Waals surface area contributed by atoms with Crippen molar-refractivity contribution in [3.63, 3.8) is 0 Å². The number of hydrogen-bond acceptors (Lipinski definition) is 6. The normalized spacial score (nSPS) is 24.1. The molecule has 0 aliphatic carbocycles. The molecule has 216 valence electrons. The molecule has 2 aromatic carbocycles. The maximum atomic E-state index is 15.8. The van der Waals surface area contributed by atoms with Gasteiger partial charge in [-0.2, -0.15) is 0 Å². The van der Waals surface area contributed by atoms with Crippen LogP contribution in [0.4, 0.5) is 4.39 Å². The van der Waals surface area contributed by atoms with E-state index in [9.17, 15) is 20.1 Å². The fourth-order valence-electron chi connectivity index (χ4n) is 6.28. The molecule has 3 atom stereocenters. The van der Waals surface area contributed by atoms with Gasteiger partial charge in [-0.25, -0.2) is 4.39 Å². The molecule has 3 unspecified atom stereocenters. The summed E-state index contributed by atoms with van der Waals surface area (Å²) < 4.78 is 15.8. The molecular weight excluding hydrogens is 509 g/mol. The van der Waals surface area contributed by atoms with Gasteiger partial charge in [0.2, 0.25) is 6.41 Å². The number of nitrogens with one attached hydrogen (secondary N) is 1. The second-order valence-electron chi connectivity index (χ2n) is 11.9. The minimum Gasteiger partial charge on any atom is -0.365 e. The fourth-order valence-corrected chi connectivity index (χ4v) is 6.28. The van der Waals surface area contributed by atoms with Crippen LogP contribution < -0.4 is 5.32 Å². The van der Waals surface area contributed by atoms with Crippen molar-refractivity contribution in [1.29, 1.82) is 0 Å². The number of benzene rings is 2. The fraction of sp³-hybridized carbons (Fsp3) is 0.469. The second-order valence-corrected chi connectivity index (χ2v) is 11.9. The van der Waals surface area contributed by atoms with Crippen LogP contribution >= 0.6 is 0 Å². The van der Waals surface area contributed by atoms with Crippen LogP contribution in [0.5, 0.6) is 0 Å². The Hall–Kier alpha value is -3.04. The summed E-state index contributed by atoms with van der Waals surface area (Å²) in [5.74, 6) is -2.08. The SMILES string of the molecule is C=C1CCC(O)(N(C=O)Cc2c(C)cccc2CC(O)(O)c2cccc(CN3CC(C)CC(C)C3)c2F)C(=C)N1. The van der Waals surface area contributed by atoms with Crippen LogP contribution in [-0.2, 0) is 30.1 Å². The minimum absolute atomic E-state index is 0.000879. The number of likely N-dealkylation sites (tertiary alicyclic amines) is 1. The number of piperidine rings is 2. The van der Waals surface area contributed by atoms with Crippen LogP contribution in [0.3, 0.4) is 0 Å². The van der Waals surface area contributed by atoms with Crippen molar-refractivity contribution in [2.24, 2.45) is 11.8 Å². The monoisotopic (exact) mass is 551 g/mol. The van der Waals surface area contributed by atoms with Gasteiger partial charge in [0.05, 0.1) is 5.70 Å². The summed E-state index contributed by atoms with van der Waals surface area (Å²) in [6, 6.07) is 10.1. The van der Waals surface area contributed by atoms with Crippen LogP contribution in [0.25, 0.3) is 0 Å². The number of aryl methyl sites for hydroxylation is 1. The lowest BCUT2D eigenvalue weighted by Crippen LogP contribution is -2.54. The third-order valence-corrected chi connectivity index (χ3v) is 8.31. The standard InChI is InChI=1S/C32H42FN3O4/c1-21-14-22(2)17-35(16-21)18-27-10-7-11-29(30(27)33)32(39,40)15-26-9-6-8-23(3)28(26)19-36(20-37)31(38)13-12-24(4)34-25(31)5/h6-11,20-22,34,38-40H,4-5,12-19H2,1-3H3. The van der Waals surface area contributed by atoms with Gasteiger partial charge in [0.15, 0.2) is 11.5 Å². The molecule has 2 heterocycles. The first-order valence-electron chi connectivity index (χ1n) is 13.9. The van der Waals surface area contributed by atoms with E-state index >= 15 is 4.39 Å². The van der Waals surface area contributed by atoms with E-state index in [-0.39, 0.29) is 30.6 Å². The van der Waals surface area contributed by atoms with E-state index < -0.39 is 17.3 Å². The van der Waals surface area contributed by atoms with E-state index in [2.05, 4.69) is 37.2 Å². The Balaban J connectivity index is 1.59. The molecule has 8 heteroatoms. The molecule has 4 N–H and O–H groups in total. The molecule has 0 saturated carbocycles. The summed E-state index contributed by atoms with van der Waals surface area (Å²) in [5, 5.41) is 36.8. The summed E-state index contributed by atoms with van der Waals surface area (Å²) in [4.78, 5) is 15.6. The van der Waals surface area contributed by atoms with Gasteiger partial charge in [0.25, 0.3) is 0 Å². The van der Waals surface area contributed by atoms with Crippen LogP contribution in [0, 0.1) is 24.6 Å². The third kappa shape index (κ3) is 6.31. The molecular formula is C32H42FN3O4. The summed E-state index contributed by atoms with van der Waals surface area (Å²) in [6.07, 6.45) is 2.10. The van der Waals surface area contributed by atoms with Crippen LogP contribution in [0.1, 0.15) is 60.9 Å². The Bertz CT molecular complexity index is 1270. The van der Waals surface area contributed by atoms with Gasteiger partial charge in [0.1, 0.15) is 5.82 Å². The first-order chi connectivity index (χ1) is 18.8. The van der Waals surface area contributed by atoms with E-state index in [1.807, 2.05) is 13.0 Å². The Morgan fingerprint density at radius 3 is 2.45 bits per heavy atom. The first-order valence-corrected chi connectivity index (χ1v) is 13.9. The van der Waals surface area contributed by atoms with Gasteiger partial charge in [-0.3, -0.25) is 9.69 Å². The van der Waals surface area contributed by atoms with Crippen molar-refractivity contribution in [2.75, 3.05) is 13.1 Å². The first kappa shape index (κ1) is 29.9. The average Bonchev–Trinajstić information content (AvgIpc) is 2.86. The zero-order valence-electron chi connectivity index (χ0n) is 23.8. The largest absolute Gasteiger partial charge is 0.365 e. The molecule has 4 rings (SSSR count). The van der Waals surface area contributed by atoms with Gasteiger partial charge in [-0.05, 0) is 48.3 Å². The quantitative estimate of drug-likeness (QED) is 0.278. The Morgan fingerprint density at radius 1 is 1.15 bits per heavy atom. The van der Waals surface area contributed by atoms with E-state index in [4.69, 9.17) is 0 Å². The highest BCUT2D eigenvalue weighted by Gasteiger charge is 2.40. The third-order valence-electron chi connectivity index (χ3n) is 8.31. The molecule has 0 aromatic heterocycles. The second kappa shape index (κ2) is 11.8. The molecule has 0 bridgehead atoms. The Kier molecular flexibility index (Phi) is 8.85. The summed E-state index contributed by atoms with van der Waals surface area (Å²) in [6.45, 7) is 16.2. The van der Waals surface area contributed by atoms with Crippen LogP contribution in [0.2, 0.25) is 0 Å². The number of carbonyl (C=O) groups is 1. The predicted octanol–water partition coefficient (Wildman–Crippen LogP) is 4.05. The zero-order valence-corrected chi connectivity index (χ0v) is 23.8. The van der Waals surface area contributed by atoms with Crippen LogP contribution in [0.15, 0.2) is 61.0 Å². The Labute approximate surface area is 236 Å². The summed E-state index contributed by atoms with van der Waals surface area (Å²) in [5.41, 5.74) is 1.52. The highest BCUT2D eigenvalue weighted by molar-refractivity contribution is 5.52. The number of halogens is 1. The lowest BCUT2D eigenvalue weighted by atomic mass is 9.89. The molecule has 2 fully saturated rings. The number of aliphatic hydroxyl groups is 3. The smallest absolute Gasteiger partial charge is 0.212 e. The zero-order chi connectivity index (χ0) is 29.2. The topological polar surface area (TPSA) is 96.3 Å². The molecule has 2 aromatic rings. The maximum absolute atomic E-state index is 15.8. The van der Waals surface area contributed by atoms with Crippen molar-refractivity contribution in [3.05, 3.63) is 94.6 Å². The molecule has 40 heavy (non-hydrogen) atoms. The molecule has 2 aliphatic rings. The number of amides is 1. The Morgan fingerprint density at radius 2 is 1.80 bits per heavy atom. The van der Waals surface area contributed by atoms with Crippen molar-refractivity contribution in [2.45, 2.75) is 71.1 Å². The van der Waals surface area contributed by atoms with E-state index in [0.29, 0.717) is 53.6 Å². The molecule has 2 aliphatic heterocycles. The van der Waals surface area contributed by atoms with Crippen molar-refractivity contribution >= 4 is 6.41 Å². The lowest BCUT2D eigenvalue weighted by molar-refractivity contribution is -0.170. The number of rotatable bonds is 9. The van der Waals surface area contributed by atoms with Crippen LogP contribution in [-0.4, -0.2) is 50.3 Å². The van der Waals surface area contributed by atoms with Gasteiger partial charge in [0, 0.05) is 55.8 Å².